The Balaban J connectivity index is 1.35. The number of nitrogens with zero attached hydrogens (tertiary/aromatic N) is 2. The number of piperazine rings is 1. The molecule has 1 saturated heterocycles. The largest absolute Gasteiger partial charge is 0.497 e. The summed E-state index contributed by atoms with van der Waals surface area (Å²) in [5.74, 6) is 1.19. The van der Waals surface area contributed by atoms with Crippen LogP contribution in [-0.2, 0) is 6.54 Å². The van der Waals surface area contributed by atoms with E-state index in [0.717, 1.165) is 57.0 Å². The number of unbranched alkanes of at least 4 members (excludes halogenated alkanes) is 1. The summed E-state index contributed by atoms with van der Waals surface area (Å²) in [6.07, 6.45) is 3.02. The Morgan fingerprint density at radius 2 is 1.72 bits per heavy atom. The molecule has 2 atom stereocenters. The number of benzene rings is 2. The second kappa shape index (κ2) is 11.3. The van der Waals surface area contributed by atoms with Gasteiger partial charge in [0, 0.05) is 49.9 Å². The third-order valence-electron chi connectivity index (χ3n) is 6.73. The lowest BCUT2D eigenvalue weighted by atomic mass is 9.90. The molecule has 0 radical (unpaired) electrons. The molecule has 5 heteroatoms. The van der Waals surface area contributed by atoms with E-state index in [1.54, 1.807) is 18.4 Å². The smallest absolute Gasteiger partial charge is 0.118 e. The lowest BCUT2D eigenvalue weighted by Crippen LogP contribution is -2.47. The molecule has 0 bridgehead atoms. The summed E-state index contributed by atoms with van der Waals surface area (Å²) in [5.41, 5.74) is 2.45. The van der Waals surface area contributed by atoms with Crippen molar-refractivity contribution in [3.05, 3.63) is 65.0 Å². The molecular weight excluding hydrogens is 416 g/mol. The molecule has 4 nitrogen and oxygen atoms in total. The topological polar surface area (TPSA) is 35.9 Å². The van der Waals surface area contributed by atoms with Gasteiger partial charge in [-0.1, -0.05) is 50.1 Å². The predicted octanol–water partition coefficient (Wildman–Crippen LogP) is 5.57. The minimum absolute atomic E-state index is 0.279. The van der Waals surface area contributed by atoms with Gasteiger partial charge in [0.05, 0.1) is 13.2 Å². The summed E-state index contributed by atoms with van der Waals surface area (Å²) in [7, 11) is 1.71. The Morgan fingerprint density at radius 1 is 1.00 bits per heavy atom. The molecule has 3 aromatic rings. The van der Waals surface area contributed by atoms with Gasteiger partial charge in [-0.05, 0) is 46.5 Å². The van der Waals surface area contributed by atoms with Gasteiger partial charge in [-0.3, -0.25) is 4.90 Å². The van der Waals surface area contributed by atoms with Crippen molar-refractivity contribution in [1.29, 1.82) is 0 Å². The highest BCUT2D eigenvalue weighted by molar-refractivity contribution is 7.17. The summed E-state index contributed by atoms with van der Waals surface area (Å²) < 4.78 is 6.53. The Morgan fingerprint density at radius 3 is 2.44 bits per heavy atom. The summed E-state index contributed by atoms with van der Waals surface area (Å²) in [6.45, 7) is 8.48. The molecule has 1 fully saturated rings. The van der Waals surface area contributed by atoms with E-state index in [-0.39, 0.29) is 5.92 Å². The normalized spacial score (nSPS) is 17.5. The van der Waals surface area contributed by atoms with E-state index in [2.05, 4.69) is 58.5 Å². The number of hydrogen-bond acceptors (Lipinski definition) is 5. The SMILES string of the molecule is CCCCC(CN1CCN(Cc2ccc(OC)cc2)CC1)C(O)c1csc2ccccc12. The third-order valence-corrected chi connectivity index (χ3v) is 7.71. The number of methoxy groups -OCH3 is 1. The number of hydrogen-bond donors (Lipinski definition) is 1. The highest BCUT2D eigenvalue weighted by Crippen LogP contribution is 2.35. The van der Waals surface area contributed by atoms with Crippen LogP contribution in [0.4, 0.5) is 0 Å². The molecule has 1 aromatic heterocycles. The van der Waals surface area contributed by atoms with Crippen LogP contribution in [0.5, 0.6) is 5.75 Å². The van der Waals surface area contributed by atoms with Gasteiger partial charge in [0.25, 0.3) is 0 Å². The first kappa shape index (κ1) is 23.2. The molecule has 2 heterocycles. The van der Waals surface area contributed by atoms with Gasteiger partial charge in [-0.15, -0.1) is 11.3 Å². The average molecular weight is 453 g/mol. The number of ether oxygens (including phenoxy) is 1. The van der Waals surface area contributed by atoms with Crippen LogP contribution < -0.4 is 4.74 Å². The van der Waals surface area contributed by atoms with Crippen molar-refractivity contribution in [2.24, 2.45) is 5.92 Å². The summed E-state index contributed by atoms with van der Waals surface area (Å²) in [5, 5.41) is 14.8. The molecule has 4 rings (SSSR count). The van der Waals surface area contributed by atoms with Crippen molar-refractivity contribution < 1.29 is 9.84 Å². The van der Waals surface area contributed by atoms with Gasteiger partial charge < -0.3 is 14.7 Å². The fraction of sp³-hybridized carbons (Fsp3) is 0.481. The minimum Gasteiger partial charge on any atom is -0.497 e. The lowest BCUT2D eigenvalue weighted by molar-refractivity contribution is 0.0517. The van der Waals surface area contributed by atoms with Crippen LogP contribution in [0.25, 0.3) is 10.1 Å². The first-order chi connectivity index (χ1) is 15.7. The maximum Gasteiger partial charge on any atom is 0.118 e. The fourth-order valence-corrected chi connectivity index (χ4v) is 5.74. The maximum absolute atomic E-state index is 11.4. The zero-order chi connectivity index (χ0) is 22.3. The van der Waals surface area contributed by atoms with Crippen LogP contribution >= 0.6 is 11.3 Å². The van der Waals surface area contributed by atoms with E-state index in [0.29, 0.717) is 0 Å². The lowest BCUT2D eigenvalue weighted by Gasteiger charge is -2.37. The van der Waals surface area contributed by atoms with Gasteiger partial charge in [0.2, 0.25) is 0 Å². The first-order valence-corrected chi connectivity index (χ1v) is 12.8. The average Bonchev–Trinajstić information content (AvgIpc) is 3.27. The molecule has 0 amide bonds. The van der Waals surface area contributed by atoms with Gasteiger partial charge >= 0.3 is 0 Å². The predicted molar refractivity (Wildman–Crippen MR) is 135 cm³/mol. The van der Waals surface area contributed by atoms with Crippen LogP contribution in [0.2, 0.25) is 0 Å². The molecule has 1 aliphatic heterocycles. The van der Waals surface area contributed by atoms with Crippen molar-refractivity contribution in [1.82, 2.24) is 9.80 Å². The van der Waals surface area contributed by atoms with Crippen LogP contribution in [-0.4, -0.2) is 54.7 Å². The van der Waals surface area contributed by atoms with E-state index >= 15 is 0 Å². The Labute approximate surface area is 196 Å². The van der Waals surface area contributed by atoms with Gasteiger partial charge in [-0.2, -0.15) is 0 Å². The molecule has 32 heavy (non-hydrogen) atoms. The second-order valence-corrected chi connectivity index (χ2v) is 9.87. The van der Waals surface area contributed by atoms with Crippen molar-refractivity contribution in [2.45, 2.75) is 38.8 Å². The van der Waals surface area contributed by atoms with E-state index in [1.165, 1.54) is 28.5 Å². The zero-order valence-electron chi connectivity index (χ0n) is 19.4. The molecule has 0 saturated carbocycles. The fourth-order valence-electron chi connectivity index (χ4n) is 4.75. The molecule has 2 aromatic carbocycles. The molecule has 1 aliphatic rings. The standard InChI is InChI=1S/C27H36N2O2S/c1-3-4-7-22(27(30)25-20-32-26-9-6-5-8-24(25)26)19-29-16-14-28(15-17-29)18-21-10-12-23(31-2)13-11-21/h5-6,8-13,20,22,27,30H,3-4,7,14-19H2,1-2H3. The minimum atomic E-state index is -0.393. The van der Waals surface area contributed by atoms with Crippen molar-refractivity contribution >= 4 is 21.4 Å². The summed E-state index contributed by atoms with van der Waals surface area (Å²) in [6, 6.07) is 16.9. The van der Waals surface area contributed by atoms with Crippen LogP contribution in [0.1, 0.15) is 43.4 Å². The summed E-state index contributed by atoms with van der Waals surface area (Å²) in [4.78, 5) is 5.09. The third kappa shape index (κ3) is 5.70. The van der Waals surface area contributed by atoms with E-state index in [1.807, 2.05) is 12.1 Å². The van der Waals surface area contributed by atoms with E-state index in [4.69, 9.17) is 4.74 Å². The number of thiophene rings is 1. The summed E-state index contributed by atoms with van der Waals surface area (Å²) >= 11 is 1.74. The maximum atomic E-state index is 11.4. The van der Waals surface area contributed by atoms with E-state index < -0.39 is 6.10 Å². The van der Waals surface area contributed by atoms with Crippen molar-refractivity contribution in [2.75, 3.05) is 39.8 Å². The Hall–Kier alpha value is -1.92. The number of rotatable bonds is 10. The number of aliphatic hydroxyl groups excluding tert-OH is 1. The molecule has 172 valence electrons. The van der Waals surface area contributed by atoms with Gasteiger partial charge in [0.1, 0.15) is 5.75 Å². The van der Waals surface area contributed by atoms with E-state index in [9.17, 15) is 5.11 Å². The first-order valence-electron chi connectivity index (χ1n) is 11.9. The number of fused-ring (bicyclic) bond motifs is 1. The monoisotopic (exact) mass is 452 g/mol. The molecule has 0 aliphatic carbocycles. The Bertz CT molecular complexity index is 963. The number of aliphatic hydroxyl groups is 1. The van der Waals surface area contributed by atoms with Gasteiger partial charge in [0.15, 0.2) is 0 Å². The van der Waals surface area contributed by atoms with Crippen LogP contribution in [0.15, 0.2) is 53.9 Å². The molecular formula is C27H36N2O2S. The highest BCUT2D eigenvalue weighted by atomic mass is 32.1. The van der Waals surface area contributed by atoms with Crippen molar-refractivity contribution in [3.8, 4) is 5.75 Å². The molecule has 1 N–H and O–H groups in total. The Kier molecular flexibility index (Phi) is 8.20. The highest BCUT2D eigenvalue weighted by Gasteiger charge is 2.27. The van der Waals surface area contributed by atoms with Gasteiger partial charge in [-0.25, -0.2) is 0 Å². The van der Waals surface area contributed by atoms with Crippen LogP contribution in [0.3, 0.4) is 0 Å². The molecule has 0 spiro atoms. The quantitative estimate of drug-likeness (QED) is 0.436. The van der Waals surface area contributed by atoms with Crippen LogP contribution in [0, 0.1) is 5.92 Å². The second-order valence-electron chi connectivity index (χ2n) is 8.96. The molecule has 2 unspecified atom stereocenters. The zero-order valence-corrected chi connectivity index (χ0v) is 20.2. The van der Waals surface area contributed by atoms with Crippen molar-refractivity contribution in [3.63, 3.8) is 0 Å².